The third-order valence-electron chi connectivity index (χ3n) is 8.61. The van der Waals surface area contributed by atoms with Crippen LogP contribution in [0.15, 0.2) is 91.0 Å². The number of aryl methyl sites for hydroxylation is 3. The topological polar surface area (TPSA) is 47.9 Å². The molecule has 4 rings (SSSR count). The van der Waals surface area contributed by atoms with Crippen molar-refractivity contribution in [3.05, 3.63) is 108 Å². The van der Waals surface area contributed by atoms with Gasteiger partial charge in [-0.25, -0.2) is 0 Å². The Balaban J connectivity index is 0.00000600. The summed E-state index contributed by atoms with van der Waals surface area (Å²) in [6.45, 7) is 12.6. The standard InChI is InChI=1S/C40H53O4PSi.BrH/c1-6-42-40(43-7-2)46-29-13-11-9-8-10-12-28-44-38-27-20-34(41)30-39(38)45(35-21-14-31(3)15-22-35,36-23-16-32(4)17-24-36)37-25-18-33(5)19-26-37;/h14-27,30,40H,6-13,28-29,46H2,1-5H3;1H. The first-order valence-electron chi connectivity index (χ1n) is 17.2. The fourth-order valence-electron chi connectivity index (χ4n) is 6.13. The van der Waals surface area contributed by atoms with Crippen molar-refractivity contribution in [2.45, 2.75) is 85.1 Å². The van der Waals surface area contributed by atoms with Gasteiger partial charge in [0.05, 0.1) is 16.1 Å². The monoisotopic (exact) mass is 736 g/mol. The Morgan fingerprint density at radius 2 is 1.06 bits per heavy atom. The lowest BCUT2D eigenvalue weighted by atomic mass is 10.1. The normalized spacial score (nSPS) is 11.7. The maximum atomic E-state index is 10.9. The smallest absolute Gasteiger partial charge is 0.162 e. The highest BCUT2D eigenvalue weighted by atomic mass is 79.9. The quantitative estimate of drug-likeness (QED) is 0.0662. The fourth-order valence-corrected chi connectivity index (χ4v) is 12.2. The lowest BCUT2D eigenvalue weighted by Gasteiger charge is -2.29. The summed E-state index contributed by atoms with van der Waals surface area (Å²) >= 11 is 0. The van der Waals surface area contributed by atoms with Crippen LogP contribution in [0.2, 0.25) is 6.04 Å². The molecule has 0 fully saturated rings. The molecule has 0 bridgehead atoms. The molecule has 0 aliphatic rings. The van der Waals surface area contributed by atoms with Crippen LogP contribution in [0.4, 0.5) is 0 Å². The molecule has 1 N–H and O–H groups in total. The van der Waals surface area contributed by atoms with E-state index in [1.165, 1.54) is 64.3 Å². The second-order valence-corrected chi connectivity index (χ2v) is 17.6. The largest absolute Gasteiger partial charge is 1.00 e. The van der Waals surface area contributed by atoms with Crippen molar-refractivity contribution in [3.8, 4) is 11.5 Å². The van der Waals surface area contributed by atoms with Gasteiger partial charge >= 0.3 is 0 Å². The van der Waals surface area contributed by atoms with Crippen molar-refractivity contribution in [2.24, 2.45) is 0 Å². The molecule has 0 atom stereocenters. The van der Waals surface area contributed by atoms with Crippen LogP contribution < -0.4 is 42.9 Å². The Morgan fingerprint density at radius 3 is 1.53 bits per heavy atom. The third kappa shape index (κ3) is 10.8. The van der Waals surface area contributed by atoms with Crippen LogP contribution >= 0.6 is 7.26 Å². The number of hydrogen-bond acceptors (Lipinski definition) is 4. The van der Waals surface area contributed by atoms with E-state index < -0.39 is 7.26 Å². The average molecular weight is 738 g/mol. The first-order valence-corrected chi connectivity index (χ1v) is 20.8. The number of ether oxygens (including phenoxy) is 3. The van der Waals surface area contributed by atoms with Crippen LogP contribution in [0.3, 0.4) is 0 Å². The Hall–Kier alpha value is -2.47. The van der Waals surface area contributed by atoms with E-state index in [1.54, 1.807) is 6.07 Å². The number of hydrogen-bond donors (Lipinski definition) is 1. The van der Waals surface area contributed by atoms with Crippen LogP contribution in [-0.2, 0) is 9.47 Å². The van der Waals surface area contributed by atoms with E-state index in [4.69, 9.17) is 14.2 Å². The highest BCUT2D eigenvalue weighted by Crippen LogP contribution is 2.56. The molecule has 0 amide bonds. The maximum Gasteiger partial charge on any atom is 0.162 e. The maximum absolute atomic E-state index is 10.9. The van der Waals surface area contributed by atoms with Crippen LogP contribution in [0.1, 0.15) is 69.1 Å². The minimum absolute atomic E-state index is 0. The van der Waals surface area contributed by atoms with Gasteiger partial charge in [0.1, 0.15) is 34.8 Å². The summed E-state index contributed by atoms with van der Waals surface area (Å²) in [5, 5.41) is 15.7. The summed E-state index contributed by atoms with van der Waals surface area (Å²) in [5.41, 5.74) is 3.68. The number of rotatable bonds is 19. The van der Waals surface area contributed by atoms with E-state index in [0.29, 0.717) is 6.61 Å². The Labute approximate surface area is 297 Å². The average Bonchev–Trinajstić information content (AvgIpc) is 3.05. The van der Waals surface area contributed by atoms with E-state index in [1.807, 2.05) is 26.0 Å². The number of phenolic OH excluding ortho intramolecular Hbond substituents is 1. The molecule has 0 unspecified atom stereocenters. The summed E-state index contributed by atoms with van der Waals surface area (Å²) in [6.07, 6.45) is 7.20. The van der Waals surface area contributed by atoms with Crippen molar-refractivity contribution < 1.29 is 36.3 Å². The van der Waals surface area contributed by atoms with Gasteiger partial charge in [0.15, 0.2) is 11.1 Å². The van der Waals surface area contributed by atoms with E-state index in [0.717, 1.165) is 37.1 Å². The molecule has 0 spiro atoms. The van der Waals surface area contributed by atoms with E-state index in [9.17, 15) is 5.11 Å². The number of benzene rings is 4. The molecule has 0 radical (unpaired) electrons. The van der Waals surface area contributed by atoms with Gasteiger partial charge in [-0.3, -0.25) is 0 Å². The summed E-state index contributed by atoms with van der Waals surface area (Å²) in [7, 11) is -2.76. The van der Waals surface area contributed by atoms with Crippen LogP contribution in [-0.4, -0.2) is 40.4 Å². The first kappa shape index (κ1) is 39.0. The van der Waals surface area contributed by atoms with Gasteiger partial charge < -0.3 is 36.3 Å². The van der Waals surface area contributed by atoms with Gasteiger partial charge in [0, 0.05) is 19.3 Å². The highest BCUT2D eigenvalue weighted by molar-refractivity contribution is 8.01. The lowest BCUT2D eigenvalue weighted by Crippen LogP contribution is -3.00. The van der Waals surface area contributed by atoms with E-state index in [-0.39, 0.29) is 38.2 Å². The number of unbranched alkanes of at least 4 members (excludes halogenated alkanes) is 5. The van der Waals surface area contributed by atoms with Crippen molar-refractivity contribution in [1.29, 1.82) is 0 Å². The van der Waals surface area contributed by atoms with E-state index in [2.05, 4.69) is 93.6 Å². The Bertz CT molecular complexity index is 1340. The number of aromatic hydroxyl groups is 1. The van der Waals surface area contributed by atoms with Gasteiger partial charge in [-0.2, -0.15) is 0 Å². The van der Waals surface area contributed by atoms with Crippen molar-refractivity contribution >= 4 is 38.0 Å². The van der Waals surface area contributed by atoms with Gasteiger partial charge in [0.2, 0.25) is 0 Å². The molecular weight excluding hydrogens is 683 g/mol. The molecular formula is C40H54BrO4PSi. The molecule has 4 aromatic rings. The summed E-state index contributed by atoms with van der Waals surface area (Å²) < 4.78 is 18.1. The molecule has 0 saturated carbocycles. The van der Waals surface area contributed by atoms with Crippen LogP contribution in [0.25, 0.3) is 0 Å². The predicted octanol–water partition coefficient (Wildman–Crippen LogP) is 4.60. The lowest BCUT2D eigenvalue weighted by molar-refractivity contribution is -0.0827. The zero-order valence-corrected chi connectivity index (χ0v) is 32.9. The predicted molar refractivity (Wildman–Crippen MR) is 201 cm³/mol. The van der Waals surface area contributed by atoms with Crippen LogP contribution in [0.5, 0.6) is 11.5 Å². The molecule has 0 saturated heterocycles. The van der Waals surface area contributed by atoms with Crippen molar-refractivity contribution in [1.82, 2.24) is 0 Å². The van der Waals surface area contributed by atoms with Gasteiger partial charge in [-0.15, -0.1) is 0 Å². The Kier molecular flexibility index (Phi) is 16.7. The molecule has 254 valence electrons. The molecule has 47 heavy (non-hydrogen) atoms. The first-order chi connectivity index (χ1) is 22.4. The van der Waals surface area contributed by atoms with Gasteiger partial charge in [-0.05, 0) is 89.6 Å². The molecule has 4 aromatic carbocycles. The molecule has 0 heterocycles. The Morgan fingerprint density at radius 1 is 0.617 bits per heavy atom. The summed E-state index contributed by atoms with van der Waals surface area (Å²) in [4.78, 5) is 0. The fraction of sp³-hybridized carbons (Fsp3) is 0.400. The number of phenols is 1. The molecule has 0 aliphatic heterocycles. The second-order valence-electron chi connectivity index (χ2n) is 12.3. The zero-order chi connectivity index (χ0) is 32.8. The molecule has 7 heteroatoms. The van der Waals surface area contributed by atoms with Crippen LogP contribution in [0, 0.1) is 20.8 Å². The molecule has 4 nitrogen and oxygen atoms in total. The number of halogens is 1. The minimum Gasteiger partial charge on any atom is -1.00 e. The third-order valence-corrected chi connectivity index (χ3v) is 14.8. The molecule has 0 aromatic heterocycles. The van der Waals surface area contributed by atoms with E-state index >= 15 is 0 Å². The summed E-state index contributed by atoms with van der Waals surface area (Å²) in [5.74, 6) is 1.20. The second kappa shape index (κ2) is 20.1. The zero-order valence-electron chi connectivity index (χ0n) is 29.0. The van der Waals surface area contributed by atoms with Crippen molar-refractivity contribution in [2.75, 3.05) is 19.8 Å². The SMILES string of the molecule is CCOC(OCC)[SiH2]CCCCCCCCOc1ccc(O)cc1[P+](c1ccc(C)cc1)(c1ccc(C)cc1)c1ccc(C)cc1.[Br-]. The summed E-state index contributed by atoms with van der Waals surface area (Å²) in [6, 6.07) is 33.8. The molecule has 0 aliphatic carbocycles. The minimum atomic E-state index is -2.42. The van der Waals surface area contributed by atoms with Crippen molar-refractivity contribution in [3.63, 3.8) is 0 Å². The van der Waals surface area contributed by atoms with Gasteiger partial charge in [-0.1, -0.05) is 91.2 Å². The highest BCUT2D eigenvalue weighted by Gasteiger charge is 2.50. The van der Waals surface area contributed by atoms with Gasteiger partial charge in [0.25, 0.3) is 0 Å².